The third-order valence-corrected chi connectivity index (χ3v) is 3.14. The smallest absolute Gasteiger partial charge is 0.255 e. The van der Waals surface area contributed by atoms with Crippen LogP contribution in [0.4, 0.5) is 17.6 Å². The maximum Gasteiger partial charge on any atom is 0.419 e. The summed E-state index contributed by atoms with van der Waals surface area (Å²) in [4.78, 5) is 4.14. The van der Waals surface area contributed by atoms with Crippen LogP contribution >= 0.6 is 15.9 Å². The molecule has 0 unspecified atom stereocenters. The van der Waals surface area contributed by atoms with Crippen molar-refractivity contribution in [2.24, 2.45) is 10.1 Å². The van der Waals surface area contributed by atoms with Gasteiger partial charge >= 0.3 is 6.18 Å². The van der Waals surface area contributed by atoms with Crippen LogP contribution in [0.3, 0.4) is 0 Å². The molecule has 0 fully saturated rings. The predicted octanol–water partition coefficient (Wildman–Crippen LogP) is 4.03. The molecule has 1 aromatic carbocycles. The third kappa shape index (κ3) is 3.27. The molecule has 0 spiro atoms. The van der Waals surface area contributed by atoms with E-state index in [0.29, 0.717) is 11.1 Å². The zero-order valence-corrected chi connectivity index (χ0v) is 12.7. The molecule has 0 aliphatic rings. The SMILES string of the molecule is C=Nn1cccc(-c2ccc(F)c(C(F)(F)F)c2)/c1=N/CBr. The van der Waals surface area contributed by atoms with Crippen molar-refractivity contribution in [3.8, 4) is 11.1 Å². The van der Waals surface area contributed by atoms with Gasteiger partial charge in [-0.05, 0) is 29.8 Å². The zero-order valence-electron chi connectivity index (χ0n) is 11.1. The molecule has 2 rings (SSSR count). The molecule has 0 saturated heterocycles. The normalized spacial score (nSPS) is 12.5. The van der Waals surface area contributed by atoms with E-state index in [-0.39, 0.29) is 11.0 Å². The van der Waals surface area contributed by atoms with Crippen LogP contribution in [-0.4, -0.2) is 16.8 Å². The summed E-state index contributed by atoms with van der Waals surface area (Å²) in [6.45, 7) is 3.38. The van der Waals surface area contributed by atoms with Crippen LogP contribution < -0.4 is 5.49 Å². The largest absolute Gasteiger partial charge is 0.419 e. The van der Waals surface area contributed by atoms with Gasteiger partial charge in [0.2, 0.25) is 0 Å². The fraction of sp³-hybridized carbons (Fsp3) is 0.143. The quantitative estimate of drug-likeness (QED) is 0.335. The van der Waals surface area contributed by atoms with E-state index in [9.17, 15) is 17.6 Å². The minimum Gasteiger partial charge on any atom is -0.255 e. The van der Waals surface area contributed by atoms with Crippen LogP contribution in [-0.2, 0) is 6.18 Å². The molecular weight excluding hydrogens is 366 g/mol. The van der Waals surface area contributed by atoms with Crippen LogP contribution in [0, 0.1) is 5.82 Å². The van der Waals surface area contributed by atoms with E-state index in [1.807, 2.05) is 0 Å². The predicted molar refractivity (Wildman–Crippen MR) is 79.1 cm³/mol. The van der Waals surface area contributed by atoms with E-state index in [0.717, 1.165) is 12.1 Å². The number of alkyl halides is 4. The summed E-state index contributed by atoms with van der Waals surface area (Å²) in [6, 6.07) is 5.98. The Labute approximate surface area is 131 Å². The van der Waals surface area contributed by atoms with Gasteiger partial charge in [0, 0.05) is 18.5 Å². The molecule has 0 aliphatic carbocycles. The van der Waals surface area contributed by atoms with Gasteiger partial charge < -0.3 is 0 Å². The Bertz CT molecular complexity index is 765. The van der Waals surface area contributed by atoms with Crippen LogP contribution in [0.1, 0.15) is 5.56 Å². The fourth-order valence-electron chi connectivity index (χ4n) is 1.95. The molecule has 0 saturated carbocycles. The first-order valence-electron chi connectivity index (χ1n) is 6.00. The zero-order chi connectivity index (χ0) is 16.3. The molecular formula is C14H10BrF4N3. The minimum absolute atomic E-state index is 0.187. The van der Waals surface area contributed by atoms with Crippen LogP contribution in [0.15, 0.2) is 46.6 Å². The van der Waals surface area contributed by atoms with Crippen molar-refractivity contribution in [2.75, 3.05) is 5.45 Å². The van der Waals surface area contributed by atoms with Gasteiger partial charge in [-0.1, -0.05) is 22.0 Å². The van der Waals surface area contributed by atoms with Crippen molar-refractivity contribution < 1.29 is 17.6 Å². The molecule has 0 atom stereocenters. The fourth-order valence-corrected chi connectivity index (χ4v) is 2.19. The molecule has 3 nitrogen and oxygen atoms in total. The first-order chi connectivity index (χ1) is 10.4. The van der Waals surface area contributed by atoms with Gasteiger partial charge in [0.25, 0.3) is 0 Å². The second-order valence-corrected chi connectivity index (χ2v) is 4.70. The molecule has 22 heavy (non-hydrogen) atoms. The summed E-state index contributed by atoms with van der Waals surface area (Å²) in [6.07, 6.45) is -3.21. The van der Waals surface area contributed by atoms with Crippen molar-refractivity contribution in [3.63, 3.8) is 0 Å². The number of rotatable bonds is 3. The van der Waals surface area contributed by atoms with Gasteiger partial charge in [0.05, 0.1) is 11.0 Å². The molecule has 0 radical (unpaired) electrons. The maximum absolute atomic E-state index is 13.4. The Morgan fingerprint density at radius 3 is 2.55 bits per heavy atom. The Morgan fingerprint density at radius 1 is 1.23 bits per heavy atom. The molecule has 1 aromatic heterocycles. The minimum atomic E-state index is -4.77. The number of halogens is 5. The molecule has 1 heterocycles. The molecule has 2 aromatic rings. The molecule has 8 heteroatoms. The van der Waals surface area contributed by atoms with Gasteiger partial charge in [0.15, 0.2) is 5.49 Å². The number of hydrogen-bond acceptors (Lipinski definition) is 2. The second-order valence-electron chi connectivity index (χ2n) is 4.20. The highest BCUT2D eigenvalue weighted by Gasteiger charge is 2.34. The van der Waals surface area contributed by atoms with Gasteiger partial charge in [-0.3, -0.25) is 4.99 Å². The van der Waals surface area contributed by atoms with E-state index in [1.54, 1.807) is 18.3 Å². The number of aromatic nitrogens is 1. The van der Waals surface area contributed by atoms with E-state index in [2.05, 4.69) is 32.7 Å². The van der Waals surface area contributed by atoms with E-state index >= 15 is 0 Å². The average Bonchev–Trinajstić information content (AvgIpc) is 2.47. The summed E-state index contributed by atoms with van der Waals surface area (Å²) in [5.74, 6) is -1.32. The van der Waals surface area contributed by atoms with E-state index in [1.165, 1.54) is 10.7 Å². The Balaban J connectivity index is 2.73. The van der Waals surface area contributed by atoms with Crippen molar-refractivity contribution in [1.29, 1.82) is 0 Å². The molecule has 0 bridgehead atoms. The maximum atomic E-state index is 13.4. The highest BCUT2D eigenvalue weighted by molar-refractivity contribution is 9.09. The number of hydrogen-bond donors (Lipinski definition) is 0. The van der Waals surface area contributed by atoms with Crippen LogP contribution in [0.25, 0.3) is 11.1 Å². The Hall–Kier alpha value is -1.96. The highest BCUT2D eigenvalue weighted by atomic mass is 79.9. The lowest BCUT2D eigenvalue weighted by Crippen LogP contribution is -2.19. The van der Waals surface area contributed by atoms with E-state index in [4.69, 9.17) is 0 Å². The molecule has 0 aliphatic heterocycles. The Kier molecular flexibility index (Phi) is 4.80. The van der Waals surface area contributed by atoms with E-state index < -0.39 is 17.6 Å². The highest BCUT2D eigenvalue weighted by Crippen LogP contribution is 2.33. The summed E-state index contributed by atoms with van der Waals surface area (Å²) in [7, 11) is 0. The number of nitrogens with zero attached hydrogens (tertiary/aromatic N) is 3. The average molecular weight is 376 g/mol. The number of pyridine rings is 1. The lowest BCUT2D eigenvalue weighted by atomic mass is 10.0. The van der Waals surface area contributed by atoms with Crippen molar-refractivity contribution in [3.05, 3.63) is 53.4 Å². The van der Waals surface area contributed by atoms with Crippen LogP contribution in [0.2, 0.25) is 0 Å². The standard InChI is InChI=1S/C14H10BrF4N3/c1-20-22-6-2-3-10(13(22)21-8-15)9-4-5-12(16)11(7-9)14(17,18)19/h2-7H,1,8H2/b21-13-. The van der Waals surface area contributed by atoms with Gasteiger partial charge in [-0.2, -0.15) is 18.3 Å². The van der Waals surface area contributed by atoms with Gasteiger partial charge in [-0.15, -0.1) is 0 Å². The van der Waals surface area contributed by atoms with Crippen molar-refractivity contribution >= 4 is 22.6 Å². The van der Waals surface area contributed by atoms with Gasteiger partial charge in [-0.25, -0.2) is 9.07 Å². The van der Waals surface area contributed by atoms with Gasteiger partial charge in [0.1, 0.15) is 5.82 Å². The monoisotopic (exact) mass is 375 g/mol. The molecule has 0 N–H and O–H groups in total. The summed E-state index contributed by atoms with van der Waals surface area (Å²) in [5, 5.41) is 3.72. The first kappa shape index (κ1) is 16.4. The van der Waals surface area contributed by atoms with Crippen molar-refractivity contribution in [2.45, 2.75) is 6.18 Å². The third-order valence-electron chi connectivity index (χ3n) is 2.89. The second kappa shape index (κ2) is 6.43. The topological polar surface area (TPSA) is 29.6 Å². The van der Waals surface area contributed by atoms with Crippen LogP contribution in [0.5, 0.6) is 0 Å². The molecule has 116 valence electrons. The summed E-state index contributed by atoms with van der Waals surface area (Å²) >= 11 is 3.13. The summed E-state index contributed by atoms with van der Waals surface area (Å²) < 4.78 is 53.2. The summed E-state index contributed by atoms with van der Waals surface area (Å²) in [5.41, 5.74) is -0.204. The molecule has 0 amide bonds. The first-order valence-corrected chi connectivity index (χ1v) is 7.13. The lowest BCUT2D eigenvalue weighted by Gasteiger charge is -2.11. The lowest BCUT2D eigenvalue weighted by molar-refractivity contribution is -0.139. The number of benzene rings is 1. The van der Waals surface area contributed by atoms with Crippen molar-refractivity contribution in [1.82, 2.24) is 4.68 Å². The Morgan fingerprint density at radius 2 is 1.95 bits per heavy atom.